The van der Waals surface area contributed by atoms with E-state index in [-0.39, 0.29) is 17.0 Å². The average molecular weight is 260 g/mol. The minimum absolute atomic E-state index is 0.0290. The third-order valence-electron chi connectivity index (χ3n) is 2.32. The Morgan fingerprint density at radius 1 is 1.22 bits per heavy atom. The average Bonchev–Trinajstić information content (AvgIpc) is 2.77. The highest BCUT2D eigenvalue weighted by molar-refractivity contribution is 5.67. The minimum Gasteiger partial charge on any atom is -0.496 e. The van der Waals surface area contributed by atoms with Crippen LogP contribution in [0.5, 0.6) is 5.75 Å². The predicted octanol–water partition coefficient (Wildman–Crippen LogP) is 3.24. The van der Waals surface area contributed by atoms with Crippen LogP contribution >= 0.6 is 0 Å². The Balaban J connectivity index is 2.49. The van der Waals surface area contributed by atoms with Crippen LogP contribution in [0.25, 0.3) is 11.3 Å². The van der Waals surface area contributed by atoms with E-state index in [0.717, 1.165) is 18.2 Å². The molecule has 1 N–H and O–H groups in total. The molecular weight excluding hydrogens is 252 g/mol. The summed E-state index contributed by atoms with van der Waals surface area (Å²) in [6.45, 7) is 0. The summed E-state index contributed by atoms with van der Waals surface area (Å²) in [6.07, 6.45) is -4.52. The molecule has 18 heavy (non-hydrogen) atoms. The highest BCUT2D eigenvalue weighted by Crippen LogP contribution is 2.33. The molecule has 0 saturated heterocycles. The summed E-state index contributed by atoms with van der Waals surface area (Å²) >= 11 is 0. The molecule has 1 aromatic carbocycles. The molecule has 1 heterocycles. The van der Waals surface area contributed by atoms with Crippen LogP contribution in [0.15, 0.2) is 24.3 Å². The van der Waals surface area contributed by atoms with Crippen molar-refractivity contribution in [1.29, 1.82) is 0 Å². The number of aromatic amines is 1. The molecule has 7 heteroatoms. The van der Waals surface area contributed by atoms with Crippen molar-refractivity contribution < 1.29 is 22.3 Å². The van der Waals surface area contributed by atoms with E-state index < -0.39 is 17.7 Å². The fourth-order valence-corrected chi connectivity index (χ4v) is 1.49. The largest absolute Gasteiger partial charge is 0.496 e. The molecule has 0 aliphatic carbocycles. The highest BCUT2D eigenvalue weighted by Gasteiger charge is 2.33. The van der Waals surface area contributed by atoms with Crippen molar-refractivity contribution in [3.63, 3.8) is 0 Å². The molecule has 0 atom stereocenters. The van der Waals surface area contributed by atoms with Gasteiger partial charge in [0.05, 0.1) is 12.8 Å². The zero-order valence-corrected chi connectivity index (χ0v) is 9.18. The lowest BCUT2D eigenvalue weighted by Gasteiger charge is -2.05. The van der Waals surface area contributed by atoms with Crippen LogP contribution in [0.3, 0.4) is 0 Å². The van der Waals surface area contributed by atoms with Crippen molar-refractivity contribution in [2.24, 2.45) is 0 Å². The fraction of sp³-hybridized carbons (Fsp3) is 0.182. The summed E-state index contributed by atoms with van der Waals surface area (Å²) in [6, 6.07) is 4.35. The van der Waals surface area contributed by atoms with E-state index in [4.69, 9.17) is 4.74 Å². The number of aromatic nitrogens is 2. The van der Waals surface area contributed by atoms with Crippen molar-refractivity contribution in [2.75, 3.05) is 7.11 Å². The van der Waals surface area contributed by atoms with Gasteiger partial charge in [-0.2, -0.15) is 18.3 Å². The van der Waals surface area contributed by atoms with Gasteiger partial charge >= 0.3 is 6.18 Å². The number of nitrogens with zero attached hydrogens (tertiary/aromatic N) is 1. The van der Waals surface area contributed by atoms with Gasteiger partial charge in [-0.05, 0) is 24.3 Å². The Bertz CT molecular complexity index is 562. The molecule has 0 unspecified atom stereocenters. The summed E-state index contributed by atoms with van der Waals surface area (Å²) < 4.78 is 55.2. The first-order valence-corrected chi connectivity index (χ1v) is 4.88. The van der Waals surface area contributed by atoms with Crippen molar-refractivity contribution in [3.05, 3.63) is 35.8 Å². The van der Waals surface area contributed by atoms with Crippen LogP contribution in [0, 0.1) is 5.82 Å². The summed E-state index contributed by atoms with van der Waals surface area (Å²) in [5.41, 5.74) is -0.869. The number of halogens is 4. The number of hydrogen-bond donors (Lipinski definition) is 1. The van der Waals surface area contributed by atoms with Gasteiger partial charge in [0.1, 0.15) is 17.3 Å². The van der Waals surface area contributed by atoms with Gasteiger partial charge in [-0.15, -0.1) is 0 Å². The first kappa shape index (κ1) is 12.4. The zero-order valence-electron chi connectivity index (χ0n) is 9.18. The fourth-order valence-electron chi connectivity index (χ4n) is 1.49. The van der Waals surface area contributed by atoms with Crippen LogP contribution in [0.2, 0.25) is 0 Å². The van der Waals surface area contributed by atoms with Crippen molar-refractivity contribution in [1.82, 2.24) is 10.2 Å². The van der Waals surface area contributed by atoms with E-state index >= 15 is 0 Å². The molecule has 2 rings (SSSR count). The Hall–Kier alpha value is -2.05. The molecule has 3 nitrogen and oxygen atoms in total. The molecule has 0 radical (unpaired) electrons. The second kappa shape index (κ2) is 4.32. The van der Waals surface area contributed by atoms with E-state index in [9.17, 15) is 17.6 Å². The molecule has 0 fully saturated rings. The molecule has 0 bridgehead atoms. The Morgan fingerprint density at radius 2 is 1.94 bits per heavy atom. The lowest BCUT2D eigenvalue weighted by Crippen LogP contribution is -2.04. The number of rotatable bonds is 2. The quantitative estimate of drug-likeness (QED) is 0.842. The van der Waals surface area contributed by atoms with Gasteiger partial charge in [0.15, 0.2) is 0 Å². The molecule has 0 saturated carbocycles. The van der Waals surface area contributed by atoms with Gasteiger partial charge in [0, 0.05) is 5.56 Å². The monoisotopic (exact) mass is 260 g/mol. The smallest absolute Gasteiger partial charge is 0.432 e. The molecule has 0 spiro atoms. The molecule has 1 aromatic heterocycles. The predicted molar refractivity (Wildman–Crippen MR) is 55.5 cm³/mol. The normalized spacial score (nSPS) is 11.6. The van der Waals surface area contributed by atoms with Crippen LogP contribution in [-0.2, 0) is 6.18 Å². The third kappa shape index (κ3) is 2.29. The number of benzene rings is 1. The Morgan fingerprint density at radius 3 is 2.50 bits per heavy atom. The lowest BCUT2D eigenvalue weighted by atomic mass is 10.1. The SMILES string of the molecule is COc1ccc(F)cc1-c1cc(C(F)(F)F)[nH]n1. The van der Waals surface area contributed by atoms with Crippen LogP contribution in [0.4, 0.5) is 17.6 Å². The van der Waals surface area contributed by atoms with E-state index in [1.165, 1.54) is 13.2 Å². The first-order valence-electron chi connectivity index (χ1n) is 4.88. The van der Waals surface area contributed by atoms with Crippen molar-refractivity contribution in [2.45, 2.75) is 6.18 Å². The lowest BCUT2D eigenvalue weighted by molar-refractivity contribution is -0.141. The summed E-state index contributed by atoms with van der Waals surface area (Å²) in [5, 5.41) is 5.37. The number of alkyl halides is 3. The number of ether oxygens (including phenoxy) is 1. The minimum atomic E-state index is -4.52. The van der Waals surface area contributed by atoms with Crippen molar-refractivity contribution >= 4 is 0 Å². The van der Waals surface area contributed by atoms with E-state index in [2.05, 4.69) is 5.10 Å². The molecule has 96 valence electrons. The van der Waals surface area contributed by atoms with Crippen LogP contribution < -0.4 is 4.74 Å². The van der Waals surface area contributed by atoms with Gasteiger partial charge in [-0.25, -0.2) is 4.39 Å². The van der Waals surface area contributed by atoms with Gasteiger partial charge in [0.25, 0.3) is 0 Å². The van der Waals surface area contributed by atoms with E-state index in [1.807, 2.05) is 5.10 Å². The first-order chi connectivity index (χ1) is 8.41. The van der Waals surface area contributed by atoms with Crippen molar-refractivity contribution in [3.8, 4) is 17.0 Å². The van der Waals surface area contributed by atoms with Crippen LogP contribution in [0.1, 0.15) is 5.69 Å². The third-order valence-corrected chi connectivity index (χ3v) is 2.32. The summed E-state index contributed by atoms with van der Waals surface area (Å²) in [4.78, 5) is 0. The molecule has 0 amide bonds. The van der Waals surface area contributed by atoms with E-state index in [0.29, 0.717) is 0 Å². The summed E-state index contributed by atoms with van der Waals surface area (Å²) in [5.74, 6) is -0.334. The van der Waals surface area contributed by atoms with Gasteiger partial charge in [0.2, 0.25) is 0 Å². The maximum atomic E-state index is 13.1. The second-order valence-corrected chi connectivity index (χ2v) is 3.51. The maximum absolute atomic E-state index is 13.1. The number of hydrogen-bond acceptors (Lipinski definition) is 2. The standard InChI is InChI=1S/C11H8F4N2O/c1-18-9-3-2-6(12)4-7(9)8-5-10(17-16-8)11(13,14)15/h2-5H,1H3,(H,16,17). The van der Waals surface area contributed by atoms with E-state index in [1.54, 1.807) is 0 Å². The number of nitrogens with one attached hydrogen (secondary N) is 1. The number of H-pyrrole nitrogens is 1. The number of methoxy groups -OCH3 is 1. The molecule has 2 aromatic rings. The topological polar surface area (TPSA) is 37.9 Å². The van der Waals surface area contributed by atoms with Gasteiger partial charge < -0.3 is 4.74 Å². The Labute approximate surface area is 99.4 Å². The van der Waals surface area contributed by atoms with Gasteiger partial charge in [-0.3, -0.25) is 5.10 Å². The maximum Gasteiger partial charge on any atom is 0.432 e. The summed E-state index contributed by atoms with van der Waals surface area (Å²) in [7, 11) is 1.34. The molecule has 0 aliphatic rings. The Kier molecular flexibility index (Phi) is 2.98. The highest BCUT2D eigenvalue weighted by atomic mass is 19.4. The van der Waals surface area contributed by atoms with Gasteiger partial charge in [-0.1, -0.05) is 0 Å². The second-order valence-electron chi connectivity index (χ2n) is 3.51. The van der Waals surface area contributed by atoms with Crippen LogP contribution in [-0.4, -0.2) is 17.3 Å². The molecular formula is C11H8F4N2O. The zero-order chi connectivity index (χ0) is 13.3. The molecule has 0 aliphatic heterocycles.